The number of furan rings is 1. The molecular weight excluding hydrogens is 308 g/mol. The summed E-state index contributed by atoms with van der Waals surface area (Å²) in [4.78, 5) is 16.6. The molecule has 0 saturated carbocycles. The van der Waals surface area contributed by atoms with Gasteiger partial charge in [-0.3, -0.25) is 9.69 Å². The van der Waals surface area contributed by atoms with Gasteiger partial charge in [-0.15, -0.1) is 0 Å². The highest BCUT2D eigenvalue weighted by Gasteiger charge is 2.23. The number of carbonyl (C=O) groups is 1. The van der Waals surface area contributed by atoms with Gasteiger partial charge in [0.1, 0.15) is 5.76 Å². The van der Waals surface area contributed by atoms with Crippen LogP contribution in [0.4, 0.5) is 0 Å². The van der Waals surface area contributed by atoms with Gasteiger partial charge in [-0.05, 0) is 67.4 Å². The number of rotatable bonds is 5. The van der Waals surface area contributed by atoms with Crippen LogP contribution in [0.15, 0.2) is 33.4 Å². The first-order chi connectivity index (χ1) is 11.1. The smallest absolute Gasteiger partial charge is 0.289 e. The summed E-state index contributed by atoms with van der Waals surface area (Å²) in [5.74, 6) is 1.26. The normalized spacial score (nSPS) is 17.1. The van der Waals surface area contributed by atoms with Gasteiger partial charge in [-0.1, -0.05) is 6.42 Å². The lowest BCUT2D eigenvalue weighted by Crippen LogP contribution is -2.32. The van der Waals surface area contributed by atoms with Gasteiger partial charge in [-0.25, -0.2) is 0 Å². The van der Waals surface area contributed by atoms with Crippen LogP contribution in [0.5, 0.6) is 0 Å². The van der Waals surface area contributed by atoms with Crippen LogP contribution >= 0.6 is 11.3 Å². The standard InChI is InChI=1S/C18H24N2O2S/c1-14(20-9-4-3-5-10-20)16-6-7-17(22-16)18(21)19(2)12-15-8-11-23-13-15/h6-8,11,13-14H,3-5,9-10,12H2,1-2H3/t14-/m1/s1. The van der Waals surface area contributed by atoms with Crippen LogP contribution in [0.3, 0.4) is 0 Å². The van der Waals surface area contributed by atoms with Gasteiger partial charge < -0.3 is 9.32 Å². The molecular formula is C18H24N2O2S. The van der Waals surface area contributed by atoms with Crippen molar-refractivity contribution in [3.05, 3.63) is 46.0 Å². The van der Waals surface area contributed by atoms with Crippen LogP contribution in [0.1, 0.15) is 54.1 Å². The topological polar surface area (TPSA) is 36.7 Å². The zero-order valence-corrected chi connectivity index (χ0v) is 14.6. The second-order valence-corrected chi connectivity index (χ2v) is 7.05. The lowest BCUT2D eigenvalue weighted by Gasteiger charge is -2.31. The highest BCUT2D eigenvalue weighted by Crippen LogP contribution is 2.26. The number of amides is 1. The van der Waals surface area contributed by atoms with Gasteiger partial charge in [0.2, 0.25) is 0 Å². The molecule has 1 fully saturated rings. The van der Waals surface area contributed by atoms with Crippen LogP contribution in [-0.4, -0.2) is 35.8 Å². The highest BCUT2D eigenvalue weighted by atomic mass is 32.1. The van der Waals surface area contributed by atoms with Gasteiger partial charge in [-0.2, -0.15) is 11.3 Å². The van der Waals surface area contributed by atoms with Crippen molar-refractivity contribution in [1.82, 2.24) is 9.80 Å². The predicted molar refractivity (Wildman–Crippen MR) is 92.7 cm³/mol. The third-order valence-corrected chi connectivity index (χ3v) is 5.27. The van der Waals surface area contributed by atoms with E-state index in [1.165, 1.54) is 19.3 Å². The fraction of sp³-hybridized carbons (Fsp3) is 0.500. The quantitative estimate of drug-likeness (QED) is 0.825. The second-order valence-electron chi connectivity index (χ2n) is 6.27. The number of hydrogen-bond donors (Lipinski definition) is 0. The van der Waals surface area contributed by atoms with Crippen molar-refractivity contribution < 1.29 is 9.21 Å². The highest BCUT2D eigenvalue weighted by molar-refractivity contribution is 7.07. The molecule has 124 valence electrons. The minimum Gasteiger partial charge on any atom is -0.454 e. The summed E-state index contributed by atoms with van der Waals surface area (Å²) in [5.41, 5.74) is 1.15. The van der Waals surface area contributed by atoms with Gasteiger partial charge in [0.15, 0.2) is 5.76 Å². The van der Waals surface area contributed by atoms with E-state index in [1.54, 1.807) is 16.2 Å². The molecule has 0 N–H and O–H groups in total. The van der Waals surface area contributed by atoms with E-state index in [9.17, 15) is 4.79 Å². The Morgan fingerprint density at radius 2 is 2.09 bits per heavy atom. The third kappa shape index (κ3) is 3.85. The molecule has 2 aromatic rings. The molecule has 1 atom stereocenters. The Bertz CT molecular complexity index is 629. The van der Waals surface area contributed by atoms with Crippen LogP contribution in [0, 0.1) is 0 Å². The Morgan fingerprint density at radius 1 is 1.30 bits per heavy atom. The number of likely N-dealkylation sites (tertiary alicyclic amines) is 1. The molecule has 1 saturated heterocycles. The maximum atomic E-state index is 12.5. The molecule has 1 aliphatic heterocycles. The van der Waals surface area contributed by atoms with Crippen molar-refractivity contribution in [2.24, 2.45) is 0 Å². The van der Waals surface area contributed by atoms with Gasteiger partial charge in [0.25, 0.3) is 5.91 Å². The van der Waals surface area contributed by atoms with E-state index in [1.807, 2.05) is 30.6 Å². The van der Waals surface area contributed by atoms with Crippen LogP contribution in [0.25, 0.3) is 0 Å². The SMILES string of the molecule is C[C@H](c1ccc(C(=O)N(C)Cc2ccsc2)o1)N1CCCCC1. The molecule has 0 radical (unpaired) electrons. The van der Waals surface area contributed by atoms with Gasteiger partial charge in [0, 0.05) is 13.6 Å². The first-order valence-electron chi connectivity index (χ1n) is 8.25. The summed E-state index contributed by atoms with van der Waals surface area (Å²) in [5, 5.41) is 4.09. The monoisotopic (exact) mass is 332 g/mol. The second kappa shape index (κ2) is 7.32. The summed E-state index contributed by atoms with van der Waals surface area (Å²) in [6, 6.07) is 6.03. The molecule has 3 rings (SSSR count). The molecule has 4 nitrogen and oxygen atoms in total. The summed E-state index contributed by atoms with van der Waals surface area (Å²) in [6.07, 6.45) is 3.82. The first kappa shape index (κ1) is 16.3. The maximum absolute atomic E-state index is 12.5. The Hall–Kier alpha value is -1.59. The third-order valence-electron chi connectivity index (χ3n) is 4.53. The molecule has 0 unspecified atom stereocenters. The van der Waals surface area contributed by atoms with Crippen molar-refractivity contribution in [3.63, 3.8) is 0 Å². The van der Waals surface area contributed by atoms with E-state index in [-0.39, 0.29) is 11.9 Å². The minimum atomic E-state index is -0.0618. The van der Waals surface area contributed by atoms with E-state index in [2.05, 4.69) is 17.2 Å². The zero-order valence-electron chi connectivity index (χ0n) is 13.8. The lowest BCUT2D eigenvalue weighted by atomic mass is 10.1. The molecule has 0 spiro atoms. The molecule has 1 aliphatic rings. The van der Waals surface area contributed by atoms with E-state index in [0.29, 0.717) is 12.3 Å². The largest absolute Gasteiger partial charge is 0.454 e. The summed E-state index contributed by atoms with van der Waals surface area (Å²) in [7, 11) is 1.82. The van der Waals surface area contributed by atoms with Crippen LogP contribution < -0.4 is 0 Å². The maximum Gasteiger partial charge on any atom is 0.289 e. The fourth-order valence-corrected chi connectivity index (χ4v) is 3.75. The molecule has 2 aromatic heterocycles. The molecule has 1 amide bonds. The predicted octanol–water partition coefficient (Wildman–Crippen LogP) is 4.16. The van der Waals surface area contributed by atoms with Crippen LogP contribution in [0.2, 0.25) is 0 Å². The first-order valence-corrected chi connectivity index (χ1v) is 9.20. The summed E-state index contributed by atoms with van der Waals surface area (Å²) in [6.45, 7) is 5.00. The number of thiophene rings is 1. The summed E-state index contributed by atoms with van der Waals surface area (Å²) >= 11 is 1.65. The van der Waals surface area contributed by atoms with Crippen molar-refractivity contribution in [2.75, 3.05) is 20.1 Å². The van der Waals surface area contributed by atoms with Gasteiger partial charge in [0.05, 0.1) is 6.04 Å². The number of hydrogen-bond acceptors (Lipinski definition) is 4. The number of carbonyl (C=O) groups excluding carboxylic acids is 1. The average Bonchev–Trinajstić information content (AvgIpc) is 3.26. The molecule has 0 aromatic carbocycles. The Morgan fingerprint density at radius 3 is 2.78 bits per heavy atom. The van der Waals surface area contributed by atoms with E-state index in [0.717, 1.165) is 24.4 Å². The molecule has 0 aliphatic carbocycles. The molecule has 3 heterocycles. The zero-order chi connectivity index (χ0) is 16.2. The number of nitrogens with zero attached hydrogens (tertiary/aromatic N) is 2. The Kier molecular flexibility index (Phi) is 5.18. The van der Waals surface area contributed by atoms with E-state index < -0.39 is 0 Å². The molecule has 23 heavy (non-hydrogen) atoms. The van der Waals surface area contributed by atoms with Crippen molar-refractivity contribution in [1.29, 1.82) is 0 Å². The van der Waals surface area contributed by atoms with Gasteiger partial charge >= 0.3 is 0 Å². The minimum absolute atomic E-state index is 0.0618. The van der Waals surface area contributed by atoms with E-state index in [4.69, 9.17) is 4.42 Å². The van der Waals surface area contributed by atoms with Crippen molar-refractivity contribution >= 4 is 17.2 Å². The lowest BCUT2D eigenvalue weighted by molar-refractivity contribution is 0.0745. The average molecular weight is 332 g/mol. The fourth-order valence-electron chi connectivity index (χ4n) is 3.09. The Labute approximate surface area is 141 Å². The van der Waals surface area contributed by atoms with Crippen LogP contribution in [-0.2, 0) is 6.54 Å². The molecule has 0 bridgehead atoms. The number of piperidine rings is 1. The molecule has 5 heteroatoms. The van der Waals surface area contributed by atoms with Crippen molar-refractivity contribution in [3.8, 4) is 0 Å². The summed E-state index contributed by atoms with van der Waals surface area (Å²) < 4.78 is 5.87. The Balaban J connectivity index is 1.64. The van der Waals surface area contributed by atoms with E-state index >= 15 is 0 Å². The van der Waals surface area contributed by atoms with Crippen molar-refractivity contribution in [2.45, 2.75) is 38.8 Å².